The third-order valence-corrected chi connectivity index (χ3v) is 3.92. The summed E-state index contributed by atoms with van der Waals surface area (Å²) in [6, 6.07) is 14.8. The number of fused-ring (bicyclic) bond motifs is 1. The molecule has 0 bridgehead atoms. The second kappa shape index (κ2) is 7.57. The molecule has 0 saturated heterocycles. The summed E-state index contributed by atoms with van der Waals surface area (Å²) in [5.74, 6) is 0. The first-order chi connectivity index (χ1) is 11.7. The van der Waals surface area contributed by atoms with Crippen LogP contribution in [0, 0.1) is 10.1 Å². The van der Waals surface area contributed by atoms with Gasteiger partial charge in [-0.05, 0) is 42.3 Å². The van der Waals surface area contributed by atoms with Crippen molar-refractivity contribution >= 4 is 22.7 Å². The van der Waals surface area contributed by atoms with Crippen molar-refractivity contribution in [2.45, 2.75) is 6.42 Å². The molecule has 0 spiro atoms. The monoisotopic (exact) mass is 321 g/mol. The molecule has 122 valence electrons. The second-order valence-electron chi connectivity index (χ2n) is 5.56. The second-order valence-corrected chi connectivity index (χ2v) is 5.56. The zero-order chi connectivity index (χ0) is 16.8. The van der Waals surface area contributed by atoms with E-state index in [4.69, 9.17) is 0 Å². The standard InChI is InChI=1S/C19H19N3O2/c23-22(24)17-9-7-15(8-10-17)4-3-12-20-13-11-16-14-21-19-6-2-1-5-18(16)19/h1-10,14,20-21H,11-13H2/b4-3+. The summed E-state index contributed by atoms with van der Waals surface area (Å²) in [6.07, 6.45) is 7.02. The minimum atomic E-state index is -0.389. The van der Waals surface area contributed by atoms with Crippen molar-refractivity contribution in [2.75, 3.05) is 13.1 Å². The van der Waals surface area contributed by atoms with E-state index < -0.39 is 0 Å². The van der Waals surface area contributed by atoms with Crippen molar-refractivity contribution in [1.29, 1.82) is 0 Å². The number of nitrogens with one attached hydrogen (secondary N) is 2. The highest BCUT2D eigenvalue weighted by Gasteiger charge is 2.02. The van der Waals surface area contributed by atoms with Crippen LogP contribution >= 0.6 is 0 Å². The third kappa shape index (κ3) is 3.88. The first-order valence-electron chi connectivity index (χ1n) is 7.91. The fraction of sp³-hybridized carbons (Fsp3) is 0.158. The van der Waals surface area contributed by atoms with Gasteiger partial charge in [0.15, 0.2) is 0 Å². The Labute approximate surface area is 140 Å². The van der Waals surface area contributed by atoms with Crippen LogP contribution in [0.2, 0.25) is 0 Å². The molecule has 2 aromatic carbocycles. The number of H-pyrrole nitrogens is 1. The topological polar surface area (TPSA) is 71.0 Å². The summed E-state index contributed by atoms with van der Waals surface area (Å²) >= 11 is 0. The van der Waals surface area contributed by atoms with Crippen molar-refractivity contribution in [3.63, 3.8) is 0 Å². The van der Waals surface area contributed by atoms with Gasteiger partial charge in [-0.3, -0.25) is 10.1 Å². The van der Waals surface area contributed by atoms with Crippen molar-refractivity contribution in [2.24, 2.45) is 0 Å². The van der Waals surface area contributed by atoms with Crippen LogP contribution in [0.3, 0.4) is 0 Å². The van der Waals surface area contributed by atoms with Gasteiger partial charge in [-0.2, -0.15) is 0 Å². The average Bonchev–Trinajstić information content (AvgIpc) is 3.01. The molecule has 5 heteroatoms. The fourth-order valence-electron chi connectivity index (χ4n) is 2.65. The molecule has 0 amide bonds. The highest BCUT2D eigenvalue weighted by Crippen LogP contribution is 2.17. The summed E-state index contributed by atoms with van der Waals surface area (Å²) < 4.78 is 0. The van der Waals surface area contributed by atoms with Crippen LogP contribution < -0.4 is 5.32 Å². The van der Waals surface area contributed by atoms with Gasteiger partial charge in [0.1, 0.15) is 0 Å². The number of hydrogen-bond acceptors (Lipinski definition) is 3. The Morgan fingerprint density at radius 3 is 2.71 bits per heavy atom. The summed E-state index contributed by atoms with van der Waals surface area (Å²) in [4.78, 5) is 13.5. The highest BCUT2D eigenvalue weighted by molar-refractivity contribution is 5.83. The quantitative estimate of drug-likeness (QED) is 0.393. The van der Waals surface area contributed by atoms with Crippen molar-refractivity contribution in [3.05, 3.63) is 82.0 Å². The molecule has 0 aliphatic heterocycles. The van der Waals surface area contributed by atoms with E-state index in [9.17, 15) is 10.1 Å². The number of nitro groups is 1. The van der Waals surface area contributed by atoms with E-state index in [0.717, 1.165) is 25.1 Å². The number of rotatable bonds is 7. The van der Waals surface area contributed by atoms with Crippen molar-refractivity contribution in [1.82, 2.24) is 10.3 Å². The average molecular weight is 321 g/mol. The molecule has 0 atom stereocenters. The summed E-state index contributed by atoms with van der Waals surface area (Å²) in [6.45, 7) is 1.66. The zero-order valence-electron chi connectivity index (χ0n) is 13.2. The molecule has 0 aliphatic rings. The zero-order valence-corrected chi connectivity index (χ0v) is 13.2. The number of hydrogen-bond donors (Lipinski definition) is 2. The van der Waals surface area contributed by atoms with Gasteiger partial charge < -0.3 is 10.3 Å². The molecular formula is C19H19N3O2. The normalized spacial score (nSPS) is 11.3. The van der Waals surface area contributed by atoms with Gasteiger partial charge in [0.2, 0.25) is 0 Å². The van der Waals surface area contributed by atoms with Gasteiger partial charge in [-0.25, -0.2) is 0 Å². The Hall–Kier alpha value is -2.92. The fourth-order valence-corrected chi connectivity index (χ4v) is 2.65. The lowest BCUT2D eigenvalue weighted by Crippen LogP contribution is -2.16. The van der Waals surface area contributed by atoms with Gasteiger partial charge in [0, 0.05) is 35.8 Å². The first-order valence-corrected chi connectivity index (χ1v) is 7.91. The Kier molecular flexibility index (Phi) is 5.03. The van der Waals surface area contributed by atoms with E-state index in [1.165, 1.54) is 28.6 Å². The van der Waals surface area contributed by atoms with Crippen LogP contribution in [0.15, 0.2) is 60.8 Å². The number of nitrogens with zero attached hydrogens (tertiary/aromatic N) is 1. The molecule has 0 radical (unpaired) electrons. The Balaban J connectivity index is 1.44. The van der Waals surface area contributed by atoms with Crippen LogP contribution in [0.4, 0.5) is 5.69 Å². The molecule has 0 unspecified atom stereocenters. The van der Waals surface area contributed by atoms with E-state index in [0.29, 0.717) is 0 Å². The molecule has 0 fully saturated rings. The molecule has 1 heterocycles. The summed E-state index contributed by atoms with van der Waals surface area (Å²) in [5.41, 5.74) is 3.56. The molecule has 5 nitrogen and oxygen atoms in total. The molecule has 0 aliphatic carbocycles. The molecule has 3 aromatic rings. The minimum Gasteiger partial charge on any atom is -0.361 e. The van der Waals surface area contributed by atoms with Crippen LogP contribution in [0.1, 0.15) is 11.1 Å². The van der Waals surface area contributed by atoms with E-state index >= 15 is 0 Å². The predicted molar refractivity (Wildman–Crippen MR) is 97.0 cm³/mol. The minimum absolute atomic E-state index is 0.115. The van der Waals surface area contributed by atoms with Crippen LogP contribution in [-0.4, -0.2) is 23.0 Å². The van der Waals surface area contributed by atoms with Gasteiger partial charge in [-0.1, -0.05) is 30.4 Å². The number of non-ortho nitro benzene ring substituents is 1. The smallest absolute Gasteiger partial charge is 0.269 e. The maximum Gasteiger partial charge on any atom is 0.269 e. The van der Waals surface area contributed by atoms with Gasteiger partial charge in [0.05, 0.1) is 4.92 Å². The third-order valence-electron chi connectivity index (χ3n) is 3.92. The van der Waals surface area contributed by atoms with Crippen molar-refractivity contribution in [3.8, 4) is 0 Å². The maximum atomic E-state index is 10.6. The van der Waals surface area contributed by atoms with E-state index in [1.807, 2.05) is 18.2 Å². The predicted octanol–water partition coefficient (Wildman–Crippen LogP) is 3.92. The summed E-state index contributed by atoms with van der Waals surface area (Å²) in [7, 11) is 0. The van der Waals surface area contributed by atoms with Crippen molar-refractivity contribution < 1.29 is 4.92 Å². The van der Waals surface area contributed by atoms with E-state index in [-0.39, 0.29) is 10.6 Å². The number of para-hydroxylation sites is 1. The maximum absolute atomic E-state index is 10.6. The van der Waals surface area contributed by atoms with Crippen LogP contribution in [-0.2, 0) is 6.42 Å². The number of benzene rings is 2. The molecule has 3 rings (SSSR count). The van der Waals surface area contributed by atoms with Gasteiger partial charge in [0.25, 0.3) is 5.69 Å². The highest BCUT2D eigenvalue weighted by atomic mass is 16.6. The number of aromatic amines is 1. The number of aromatic nitrogens is 1. The Morgan fingerprint density at radius 1 is 1.12 bits per heavy atom. The lowest BCUT2D eigenvalue weighted by molar-refractivity contribution is -0.384. The van der Waals surface area contributed by atoms with Gasteiger partial charge in [-0.15, -0.1) is 0 Å². The first kappa shape index (κ1) is 16.0. The largest absolute Gasteiger partial charge is 0.361 e. The lowest BCUT2D eigenvalue weighted by Gasteiger charge is -2.01. The lowest BCUT2D eigenvalue weighted by atomic mass is 10.1. The molecular weight excluding hydrogens is 302 g/mol. The molecule has 24 heavy (non-hydrogen) atoms. The molecule has 2 N–H and O–H groups in total. The van der Waals surface area contributed by atoms with E-state index in [1.54, 1.807) is 12.1 Å². The van der Waals surface area contributed by atoms with Crippen LogP contribution in [0.5, 0.6) is 0 Å². The molecule has 0 saturated carbocycles. The Morgan fingerprint density at radius 2 is 1.92 bits per heavy atom. The molecule has 1 aromatic heterocycles. The SMILES string of the molecule is O=[N+]([O-])c1ccc(/C=C/CNCCc2c[nH]c3ccccc23)cc1. The van der Waals surface area contributed by atoms with E-state index in [2.05, 4.69) is 34.7 Å². The summed E-state index contributed by atoms with van der Waals surface area (Å²) in [5, 5.41) is 15.3. The van der Waals surface area contributed by atoms with Gasteiger partial charge >= 0.3 is 0 Å². The Bertz CT molecular complexity index is 850. The number of nitro benzene ring substituents is 1. The van der Waals surface area contributed by atoms with Crippen LogP contribution in [0.25, 0.3) is 17.0 Å².